The van der Waals surface area contributed by atoms with Gasteiger partial charge in [0.1, 0.15) is 10.8 Å². The number of aromatic hydroxyl groups is 1. The molecule has 2 atom stereocenters. The number of hydrogen-bond acceptors (Lipinski definition) is 2. The van der Waals surface area contributed by atoms with Crippen molar-refractivity contribution in [2.45, 2.75) is 31.6 Å². The molecule has 2 nitrogen and oxygen atoms in total. The number of carbonyl (C=O) groups excluding carboxylic acids is 1. The van der Waals surface area contributed by atoms with Crippen LogP contribution in [0.2, 0.25) is 10.0 Å². The van der Waals surface area contributed by atoms with Crippen LogP contribution in [0.15, 0.2) is 6.07 Å². The summed E-state index contributed by atoms with van der Waals surface area (Å²) in [6, 6.07) is 1.52. The summed E-state index contributed by atoms with van der Waals surface area (Å²) in [7, 11) is 0. The summed E-state index contributed by atoms with van der Waals surface area (Å²) in [4.78, 5) is 12.2. The van der Waals surface area contributed by atoms with Gasteiger partial charge in [-0.05, 0) is 30.9 Å². The molecule has 0 amide bonds. The number of ketones is 1. The number of phenols is 1. The number of halogens is 3. The van der Waals surface area contributed by atoms with E-state index in [0.717, 1.165) is 12.0 Å². The lowest BCUT2D eigenvalue weighted by Gasteiger charge is -2.11. The van der Waals surface area contributed by atoms with Crippen molar-refractivity contribution in [1.29, 1.82) is 0 Å². The lowest BCUT2D eigenvalue weighted by atomic mass is 9.98. The third-order valence-electron chi connectivity index (χ3n) is 3.34. The van der Waals surface area contributed by atoms with Crippen molar-refractivity contribution in [2.24, 2.45) is 5.92 Å². The van der Waals surface area contributed by atoms with Crippen LogP contribution in [0.5, 0.6) is 5.75 Å². The Hall–Kier alpha value is -0.440. The van der Waals surface area contributed by atoms with Crippen molar-refractivity contribution in [1.82, 2.24) is 0 Å². The van der Waals surface area contributed by atoms with Gasteiger partial charge >= 0.3 is 0 Å². The Morgan fingerprint density at radius 3 is 2.72 bits per heavy atom. The van der Waals surface area contributed by atoms with Gasteiger partial charge in [-0.15, -0.1) is 11.6 Å². The third kappa shape index (κ3) is 2.34. The molecule has 18 heavy (non-hydrogen) atoms. The zero-order chi connectivity index (χ0) is 13.4. The standard InChI is InChI=1S/C13H13Cl3O2/c1-2-8(14)4-7-3-6-5-9(17)11(15)12(16)10(6)13(7)18/h5,7-8,17H,2-4H2,1H3. The fourth-order valence-corrected chi connectivity index (χ4v) is 2.99. The van der Waals surface area contributed by atoms with E-state index in [1.54, 1.807) is 0 Å². The van der Waals surface area contributed by atoms with E-state index in [4.69, 9.17) is 34.8 Å². The van der Waals surface area contributed by atoms with Crippen LogP contribution in [0, 0.1) is 5.92 Å². The molecule has 0 radical (unpaired) electrons. The van der Waals surface area contributed by atoms with Gasteiger partial charge < -0.3 is 5.11 Å². The Morgan fingerprint density at radius 1 is 1.44 bits per heavy atom. The number of phenolic OH excluding ortho intramolecular Hbond substituents is 1. The summed E-state index contributed by atoms with van der Waals surface area (Å²) in [6.45, 7) is 1.99. The minimum atomic E-state index is -0.155. The van der Waals surface area contributed by atoms with E-state index in [-0.39, 0.29) is 32.9 Å². The van der Waals surface area contributed by atoms with Gasteiger partial charge in [-0.3, -0.25) is 4.79 Å². The fourth-order valence-electron chi connectivity index (χ4n) is 2.32. The summed E-state index contributed by atoms with van der Waals surface area (Å²) >= 11 is 18.0. The summed E-state index contributed by atoms with van der Waals surface area (Å²) in [5.41, 5.74) is 1.21. The van der Waals surface area contributed by atoms with E-state index in [0.29, 0.717) is 18.4 Å². The van der Waals surface area contributed by atoms with E-state index in [1.165, 1.54) is 6.07 Å². The zero-order valence-corrected chi connectivity index (χ0v) is 12.1. The molecule has 2 rings (SSSR count). The van der Waals surface area contributed by atoms with Crippen LogP contribution >= 0.6 is 34.8 Å². The van der Waals surface area contributed by atoms with Gasteiger partial charge in [0, 0.05) is 16.9 Å². The highest BCUT2D eigenvalue weighted by Gasteiger charge is 2.35. The Labute approximate surface area is 121 Å². The molecule has 0 fully saturated rings. The summed E-state index contributed by atoms with van der Waals surface area (Å²) < 4.78 is 0. The van der Waals surface area contributed by atoms with Crippen LogP contribution in [0.3, 0.4) is 0 Å². The molecule has 0 aromatic heterocycles. The van der Waals surface area contributed by atoms with Gasteiger partial charge in [0.25, 0.3) is 0 Å². The number of Topliss-reactive ketones (excluding diaryl/α,β-unsaturated/α-hetero) is 1. The maximum absolute atomic E-state index is 12.2. The maximum Gasteiger partial charge on any atom is 0.168 e. The lowest BCUT2D eigenvalue weighted by Crippen LogP contribution is -2.14. The number of fused-ring (bicyclic) bond motifs is 1. The topological polar surface area (TPSA) is 37.3 Å². The largest absolute Gasteiger partial charge is 0.506 e. The van der Waals surface area contributed by atoms with Gasteiger partial charge in [-0.1, -0.05) is 30.1 Å². The Balaban J connectivity index is 2.34. The molecule has 0 bridgehead atoms. The van der Waals surface area contributed by atoms with Crippen molar-refractivity contribution < 1.29 is 9.90 Å². The fraction of sp³-hybridized carbons (Fsp3) is 0.462. The van der Waals surface area contributed by atoms with Crippen LogP contribution in [0.1, 0.15) is 35.7 Å². The minimum Gasteiger partial charge on any atom is -0.506 e. The minimum absolute atomic E-state index is 0.0175. The molecular formula is C13H13Cl3O2. The monoisotopic (exact) mass is 306 g/mol. The van der Waals surface area contributed by atoms with Crippen molar-refractivity contribution in [3.63, 3.8) is 0 Å². The first-order chi connectivity index (χ1) is 8.45. The number of benzene rings is 1. The SMILES string of the molecule is CCC(Cl)CC1Cc2cc(O)c(Cl)c(Cl)c2C1=O. The first kappa shape index (κ1) is 14.0. The Bertz CT molecular complexity index is 499. The molecule has 0 saturated heterocycles. The van der Waals surface area contributed by atoms with E-state index in [2.05, 4.69) is 0 Å². The molecule has 5 heteroatoms. The highest BCUT2D eigenvalue weighted by molar-refractivity contribution is 6.45. The van der Waals surface area contributed by atoms with Crippen LogP contribution in [-0.4, -0.2) is 16.3 Å². The molecule has 0 aliphatic heterocycles. The number of hydrogen-bond donors (Lipinski definition) is 1. The second kappa shape index (κ2) is 5.28. The van der Waals surface area contributed by atoms with E-state index in [1.807, 2.05) is 6.92 Å². The molecule has 98 valence electrons. The van der Waals surface area contributed by atoms with Gasteiger partial charge in [-0.2, -0.15) is 0 Å². The van der Waals surface area contributed by atoms with Gasteiger partial charge in [-0.25, -0.2) is 0 Å². The molecule has 1 aliphatic carbocycles. The average Bonchev–Trinajstić information content (AvgIpc) is 2.63. The molecule has 1 aromatic rings. The summed E-state index contributed by atoms with van der Waals surface area (Å²) in [5.74, 6) is -0.249. The first-order valence-electron chi connectivity index (χ1n) is 5.83. The van der Waals surface area contributed by atoms with Crippen molar-refractivity contribution in [2.75, 3.05) is 0 Å². The summed E-state index contributed by atoms with van der Waals surface area (Å²) in [6.07, 6.45) is 2.02. The second-order valence-corrected chi connectivity index (χ2v) is 5.94. The van der Waals surface area contributed by atoms with Crippen LogP contribution in [-0.2, 0) is 6.42 Å². The molecular weight excluding hydrogens is 295 g/mol. The first-order valence-corrected chi connectivity index (χ1v) is 7.03. The van der Waals surface area contributed by atoms with E-state index >= 15 is 0 Å². The number of carbonyl (C=O) groups is 1. The van der Waals surface area contributed by atoms with Crippen molar-refractivity contribution in [3.8, 4) is 5.75 Å². The Kier molecular flexibility index (Phi) is 4.10. The van der Waals surface area contributed by atoms with Crippen LogP contribution in [0.4, 0.5) is 0 Å². The predicted octanol–water partition coefficient (Wildman–Crippen LogP) is 4.46. The average molecular weight is 308 g/mol. The van der Waals surface area contributed by atoms with Crippen LogP contribution in [0.25, 0.3) is 0 Å². The van der Waals surface area contributed by atoms with Gasteiger partial charge in [0.2, 0.25) is 0 Å². The van der Waals surface area contributed by atoms with Crippen LogP contribution < -0.4 is 0 Å². The predicted molar refractivity (Wildman–Crippen MR) is 74.2 cm³/mol. The molecule has 2 unspecified atom stereocenters. The number of rotatable bonds is 3. The third-order valence-corrected chi connectivity index (χ3v) is 4.68. The highest BCUT2D eigenvalue weighted by atomic mass is 35.5. The summed E-state index contributed by atoms with van der Waals surface area (Å²) in [5, 5.41) is 9.79. The quantitative estimate of drug-likeness (QED) is 0.837. The molecule has 1 aliphatic rings. The zero-order valence-electron chi connectivity index (χ0n) is 9.84. The second-order valence-electron chi connectivity index (χ2n) is 4.56. The van der Waals surface area contributed by atoms with Gasteiger partial charge in [0.15, 0.2) is 5.78 Å². The molecule has 0 heterocycles. The van der Waals surface area contributed by atoms with Crippen molar-refractivity contribution in [3.05, 3.63) is 27.2 Å². The van der Waals surface area contributed by atoms with Gasteiger partial charge in [0.05, 0.1) is 5.02 Å². The number of alkyl halides is 1. The molecule has 1 aromatic carbocycles. The molecule has 0 spiro atoms. The Morgan fingerprint density at radius 2 is 2.11 bits per heavy atom. The van der Waals surface area contributed by atoms with E-state index < -0.39 is 0 Å². The molecule has 0 saturated carbocycles. The molecule has 1 N–H and O–H groups in total. The smallest absolute Gasteiger partial charge is 0.168 e. The van der Waals surface area contributed by atoms with Crippen molar-refractivity contribution >= 4 is 40.6 Å². The highest BCUT2D eigenvalue weighted by Crippen LogP contribution is 2.42. The maximum atomic E-state index is 12.2. The normalized spacial score (nSPS) is 20.0. The lowest BCUT2D eigenvalue weighted by molar-refractivity contribution is 0.0930. The van der Waals surface area contributed by atoms with E-state index in [9.17, 15) is 9.90 Å².